The lowest BCUT2D eigenvalue weighted by Gasteiger charge is -2.13. The van der Waals surface area contributed by atoms with Crippen LogP contribution in [0.2, 0.25) is 0 Å². The van der Waals surface area contributed by atoms with Gasteiger partial charge in [-0.25, -0.2) is 0 Å². The van der Waals surface area contributed by atoms with E-state index in [0.717, 1.165) is 16.8 Å². The largest absolute Gasteiger partial charge is 0.335 e. The number of hydrogen-bond acceptors (Lipinski definition) is 3. The van der Waals surface area contributed by atoms with Crippen molar-refractivity contribution in [3.8, 4) is 0 Å². The monoisotopic (exact) mass is 276 g/mol. The third-order valence-corrected chi connectivity index (χ3v) is 4.40. The summed E-state index contributed by atoms with van der Waals surface area (Å²) in [6, 6.07) is 4.93. The van der Waals surface area contributed by atoms with Crippen molar-refractivity contribution in [3.05, 3.63) is 28.8 Å². The Labute approximate surface area is 121 Å². The number of nitrogens with zero attached hydrogens (tertiary/aromatic N) is 1. The predicted octanol–water partition coefficient (Wildman–Crippen LogP) is 4.54. The van der Waals surface area contributed by atoms with E-state index in [1.807, 2.05) is 11.8 Å². The Bertz CT molecular complexity index is 469. The van der Waals surface area contributed by atoms with Gasteiger partial charge in [-0.1, -0.05) is 43.3 Å². The molecule has 0 aromatic heterocycles. The highest BCUT2D eigenvalue weighted by molar-refractivity contribution is 8.14. The zero-order chi connectivity index (χ0) is 14.0. The summed E-state index contributed by atoms with van der Waals surface area (Å²) in [7, 11) is 0. The number of aliphatic imine (C=N–C) groups is 1. The van der Waals surface area contributed by atoms with E-state index in [0.29, 0.717) is 6.04 Å². The lowest BCUT2D eigenvalue weighted by molar-refractivity contribution is 0.529. The van der Waals surface area contributed by atoms with Crippen molar-refractivity contribution in [3.63, 3.8) is 0 Å². The molecule has 19 heavy (non-hydrogen) atoms. The predicted molar refractivity (Wildman–Crippen MR) is 87.4 cm³/mol. The molecule has 0 spiro atoms. The topological polar surface area (TPSA) is 24.4 Å². The van der Waals surface area contributed by atoms with E-state index >= 15 is 0 Å². The van der Waals surface area contributed by atoms with Gasteiger partial charge in [-0.05, 0) is 44.2 Å². The first-order chi connectivity index (χ1) is 8.95. The fraction of sp³-hybridized carbons (Fsp3) is 0.562. The molecule has 104 valence electrons. The van der Waals surface area contributed by atoms with E-state index in [9.17, 15) is 0 Å². The summed E-state index contributed by atoms with van der Waals surface area (Å²) >= 11 is 1.85. The van der Waals surface area contributed by atoms with E-state index in [-0.39, 0.29) is 0 Å². The SMILES string of the molecule is Cc1cc(C)c(NC2=NC(CC(C)C)CS2)c(C)c1. The van der Waals surface area contributed by atoms with E-state index in [1.165, 1.54) is 28.8 Å². The summed E-state index contributed by atoms with van der Waals surface area (Å²) in [6.07, 6.45) is 1.18. The van der Waals surface area contributed by atoms with Crippen LogP contribution in [0.25, 0.3) is 0 Å². The number of rotatable bonds is 3. The number of benzene rings is 1. The molecule has 0 fully saturated rings. The first-order valence-electron chi connectivity index (χ1n) is 7.01. The minimum Gasteiger partial charge on any atom is -0.335 e. The highest BCUT2D eigenvalue weighted by Gasteiger charge is 2.20. The number of aryl methyl sites for hydroxylation is 3. The van der Waals surface area contributed by atoms with Crippen molar-refractivity contribution in [2.75, 3.05) is 11.1 Å². The quantitative estimate of drug-likeness (QED) is 0.876. The maximum atomic E-state index is 4.80. The van der Waals surface area contributed by atoms with E-state index < -0.39 is 0 Å². The summed E-state index contributed by atoms with van der Waals surface area (Å²) in [5.41, 5.74) is 5.14. The third kappa shape index (κ3) is 3.75. The highest BCUT2D eigenvalue weighted by Crippen LogP contribution is 2.27. The molecular weight excluding hydrogens is 252 g/mol. The summed E-state index contributed by atoms with van der Waals surface area (Å²) in [5.74, 6) is 1.83. The fourth-order valence-electron chi connectivity index (χ4n) is 2.63. The molecule has 0 aliphatic carbocycles. The normalized spacial score (nSPS) is 18.8. The van der Waals surface area contributed by atoms with Crippen molar-refractivity contribution in [1.82, 2.24) is 0 Å². The van der Waals surface area contributed by atoms with Crippen molar-refractivity contribution in [2.45, 2.75) is 47.1 Å². The van der Waals surface area contributed by atoms with Gasteiger partial charge in [0.25, 0.3) is 0 Å². The van der Waals surface area contributed by atoms with Crippen molar-refractivity contribution in [1.29, 1.82) is 0 Å². The van der Waals surface area contributed by atoms with Gasteiger partial charge in [0.05, 0.1) is 6.04 Å². The number of nitrogens with one attached hydrogen (secondary N) is 1. The minimum atomic E-state index is 0.485. The molecule has 0 radical (unpaired) electrons. The average molecular weight is 276 g/mol. The molecule has 1 aromatic rings. The maximum absolute atomic E-state index is 4.80. The molecule has 1 N–H and O–H groups in total. The highest BCUT2D eigenvalue weighted by atomic mass is 32.2. The van der Waals surface area contributed by atoms with Gasteiger partial charge >= 0.3 is 0 Å². The molecule has 1 aliphatic heterocycles. The lowest BCUT2D eigenvalue weighted by atomic mass is 10.1. The second-order valence-corrected chi connectivity index (χ2v) is 6.94. The smallest absolute Gasteiger partial charge is 0.161 e. The standard InChI is InChI=1S/C16H24N2S/c1-10(2)6-14-9-19-16(17-14)18-15-12(4)7-11(3)8-13(15)5/h7-8,10,14H,6,9H2,1-5H3,(H,17,18). The average Bonchev–Trinajstić information content (AvgIpc) is 2.70. The second kappa shape index (κ2) is 6.00. The molecular formula is C16H24N2S. The van der Waals surface area contributed by atoms with Crippen LogP contribution in [0.3, 0.4) is 0 Å². The molecule has 0 saturated heterocycles. The number of thioether (sulfide) groups is 1. The fourth-order valence-corrected chi connectivity index (χ4v) is 3.59. The minimum absolute atomic E-state index is 0.485. The number of hydrogen-bond donors (Lipinski definition) is 1. The van der Waals surface area contributed by atoms with Crippen LogP contribution in [0.1, 0.15) is 37.0 Å². The molecule has 1 heterocycles. The van der Waals surface area contributed by atoms with Crippen LogP contribution in [0, 0.1) is 26.7 Å². The Morgan fingerprint density at radius 2 is 1.89 bits per heavy atom. The molecule has 1 aromatic carbocycles. The van der Waals surface area contributed by atoms with Crippen LogP contribution in [0.15, 0.2) is 17.1 Å². The van der Waals surface area contributed by atoms with Gasteiger partial charge in [-0.15, -0.1) is 0 Å². The van der Waals surface area contributed by atoms with Gasteiger partial charge in [0.15, 0.2) is 5.17 Å². The molecule has 0 amide bonds. The van der Waals surface area contributed by atoms with Crippen LogP contribution in [-0.4, -0.2) is 17.0 Å². The zero-order valence-electron chi connectivity index (χ0n) is 12.6. The van der Waals surface area contributed by atoms with Gasteiger partial charge < -0.3 is 5.32 Å². The van der Waals surface area contributed by atoms with Gasteiger partial charge in [0.2, 0.25) is 0 Å². The Balaban J connectivity index is 2.10. The molecule has 1 unspecified atom stereocenters. The summed E-state index contributed by atoms with van der Waals surface area (Å²) < 4.78 is 0. The Hall–Kier alpha value is -0.960. The van der Waals surface area contributed by atoms with Crippen LogP contribution in [0.5, 0.6) is 0 Å². The zero-order valence-corrected chi connectivity index (χ0v) is 13.4. The summed E-state index contributed by atoms with van der Waals surface area (Å²) in [4.78, 5) is 4.80. The number of anilines is 1. The molecule has 1 atom stereocenters. The molecule has 0 bridgehead atoms. The van der Waals surface area contributed by atoms with Gasteiger partial charge in [-0.2, -0.15) is 0 Å². The molecule has 3 heteroatoms. The summed E-state index contributed by atoms with van der Waals surface area (Å²) in [5, 5.41) is 4.60. The summed E-state index contributed by atoms with van der Waals surface area (Å²) in [6.45, 7) is 11.0. The van der Waals surface area contributed by atoms with Crippen molar-refractivity contribution in [2.24, 2.45) is 10.9 Å². The van der Waals surface area contributed by atoms with Crippen LogP contribution >= 0.6 is 11.8 Å². The maximum Gasteiger partial charge on any atom is 0.161 e. The van der Waals surface area contributed by atoms with Gasteiger partial charge in [0, 0.05) is 11.4 Å². The first kappa shape index (κ1) is 14.4. The van der Waals surface area contributed by atoms with Crippen LogP contribution in [0.4, 0.5) is 5.69 Å². The third-order valence-electron chi connectivity index (χ3n) is 3.36. The molecule has 1 aliphatic rings. The van der Waals surface area contributed by atoms with Crippen LogP contribution < -0.4 is 5.32 Å². The van der Waals surface area contributed by atoms with Gasteiger partial charge in [0.1, 0.15) is 0 Å². The van der Waals surface area contributed by atoms with Crippen molar-refractivity contribution >= 4 is 22.6 Å². The van der Waals surface area contributed by atoms with Gasteiger partial charge in [-0.3, -0.25) is 4.99 Å². The first-order valence-corrected chi connectivity index (χ1v) is 7.99. The molecule has 2 nitrogen and oxygen atoms in total. The molecule has 2 rings (SSSR count). The number of amidine groups is 1. The Kier molecular flexibility index (Phi) is 4.56. The van der Waals surface area contributed by atoms with E-state index in [1.54, 1.807) is 0 Å². The lowest BCUT2D eigenvalue weighted by Crippen LogP contribution is -2.09. The second-order valence-electron chi connectivity index (χ2n) is 5.93. The molecule has 0 saturated carbocycles. The van der Waals surface area contributed by atoms with E-state index in [2.05, 4.69) is 52.1 Å². The van der Waals surface area contributed by atoms with Crippen LogP contribution in [-0.2, 0) is 0 Å². The Morgan fingerprint density at radius 3 is 2.47 bits per heavy atom. The van der Waals surface area contributed by atoms with E-state index in [4.69, 9.17) is 4.99 Å². The van der Waals surface area contributed by atoms with Crippen molar-refractivity contribution < 1.29 is 0 Å². The Morgan fingerprint density at radius 1 is 1.26 bits per heavy atom.